The van der Waals surface area contributed by atoms with E-state index in [1.165, 1.54) is 12.1 Å². The maximum Gasteiger partial charge on any atom is 0.254 e. The third-order valence-electron chi connectivity index (χ3n) is 2.91. The summed E-state index contributed by atoms with van der Waals surface area (Å²) >= 11 is 9.02. The van der Waals surface area contributed by atoms with Crippen LogP contribution in [0.15, 0.2) is 46.9 Å². The predicted molar refractivity (Wildman–Crippen MR) is 81.4 cm³/mol. The molecule has 2 rings (SSSR count). The van der Waals surface area contributed by atoms with Gasteiger partial charge in [0, 0.05) is 4.47 Å². The highest BCUT2D eigenvalue weighted by Gasteiger charge is 2.16. The lowest BCUT2D eigenvalue weighted by molar-refractivity contribution is 0.0936. The van der Waals surface area contributed by atoms with Gasteiger partial charge in [-0.05, 0) is 36.8 Å². The van der Waals surface area contributed by atoms with Crippen LogP contribution in [0, 0.1) is 5.82 Å². The molecule has 0 bridgehead atoms. The molecule has 0 saturated carbocycles. The molecular weight excluding hydrogens is 345 g/mol. The van der Waals surface area contributed by atoms with Gasteiger partial charge in [0.05, 0.1) is 16.6 Å². The number of carbonyl (C=O) groups excluding carboxylic acids is 1. The smallest absolute Gasteiger partial charge is 0.254 e. The van der Waals surface area contributed by atoms with Gasteiger partial charge in [-0.1, -0.05) is 45.7 Å². The summed E-state index contributed by atoms with van der Waals surface area (Å²) < 4.78 is 14.7. The monoisotopic (exact) mass is 355 g/mol. The molecule has 0 aliphatic carbocycles. The van der Waals surface area contributed by atoms with E-state index in [0.29, 0.717) is 0 Å². The van der Waals surface area contributed by atoms with Crippen LogP contribution in [0.25, 0.3) is 0 Å². The molecule has 1 N–H and O–H groups in total. The van der Waals surface area contributed by atoms with Crippen LogP contribution < -0.4 is 5.32 Å². The number of halogens is 3. The van der Waals surface area contributed by atoms with E-state index in [-0.39, 0.29) is 16.6 Å². The Balaban J connectivity index is 2.15. The molecule has 2 aromatic carbocycles. The fourth-order valence-electron chi connectivity index (χ4n) is 1.79. The van der Waals surface area contributed by atoms with Crippen molar-refractivity contribution in [1.82, 2.24) is 5.32 Å². The molecule has 0 saturated heterocycles. The summed E-state index contributed by atoms with van der Waals surface area (Å²) in [6.07, 6.45) is 0. The van der Waals surface area contributed by atoms with Crippen molar-refractivity contribution in [3.05, 3.63) is 68.9 Å². The van der Waals surface area contributed by atoms with Crippen molar-refractivity contribution >= 4 is 33.4 Å². The van der Waals surface area contributed by atoms with Gasteiger partial charge in [-0.2, -0.15) is 0 Å². The molecule has 5 heteroatoms. The van der Waals surface area contributed by atoms with Gasteiger partial charge >= 0.3 is 0 Å². The third-order valence-corrected chi connectivity index (χ3v) is 3.73. The van der Waals surface area contributed by atoms with Crippen molar-refractivity contribution in [3.8, 4) is 0 Å². The maximum absolute atomic E-state index is 13.8. The molecule has 0 heterocycles. The molecule has 2 aromatic rings. The number of benzene rings is 2. The number of rotatable bonds is 3. The fourth-order valence-corrected chi connectivity index (χ4v) is 2.23. The summed E-state index contributed by atoms with van der Waals surface area (Å²) in [5.41, 5.74) is 0.880. The number of amides is 1. The zero-order valence-electron chi connectivity index (χ0n) is 10.7. The number of carbonyl (C=O) groups is 1. The molecule has 0 spiro atoms. The van der Waals surface area contributed by atoms with Crippen molar-refractivity contribution in [2.45, 2.75) is 13.0 Å². The van der Waals surface area contributed by atoms with E-state index < -0.39 is 11.7 Å². The van der Waals surface area contributed by atoms with Gasteiger partial charge in [0.1, 0.15) is 0 Å². The molecule has 1 amide bonds. The van der Waals surface area contributed by atoms with Crippen molar-refractivity contribution < 1.29 is 9.18 Å². The first-order chi connectivity index (χ1) is 9.49. The van der Waals surface area contributed by atoms with Crippen LogP contribution in [-0.2, 0) is 0 Å². The molecule has 20 heavy (non-hydrogen) atoms. The Morgan fingerprint density at radius 3 is 2.55 bits per heavy atom. The fraction of sp³-hybridized carbons (Fsp3) is 0.133. The molecule has 0 aliphatic rings. The normalized spacial score (nSPS) is 12.0. The Morgan fingerprint density at radius 1 is 1.25 bits per heavy atom. The Hall–Kier alpha value is -1.39. The second-order valence-corrected chi connectivity index (χ2v) is 5.67. The largest absolute Gasteiger partial charge is 0.345 e. The summed E-state index contributed by atoms with van der Waals surface area (Å²) in [5.74, 6) is -1.19. The first kappa shape index (κ1) is 15.0. The van der Waals surface area contributed by atoms with Gasteiger partial charge in [0.15, 0.2) is 5.82 Å². The van der Waals surface area contributed by atoms with Crippen molar-refractivity contribution in [2.75, 3.05) is 0 Å². The molecule has 0 radical (unpaired) electrons. The van der Waals surface area contributed by atoms with Crippen LogP contribution in [0.1, 0.15) is 28.9 Å². The van der Waals surface area contributed by atoms with Gasteiger partial charge in [0.2, 0.25) is 0 Å². The standard InChI is InChI=1S/C15H12BrClFNO/c1-9(10-5-7-11(16)8-6-10)19-15(20)12-3-2-4-13(17)14(12)18/h2-9H,1H3,(H,19,20). The van der Waals surface area contributed by atoms with Crippen LogP contribution in [0.5, 0.6) is 0 Å². The first-order valence-corrected chi connectivity index (χ1v) is 7.16. The van der Waals surface area contributed by atoms with E-state index in [2.05, 4.69) is 21.2 Å². The second kappa shape index (κ2) is 6.37. The number of nitrogens with one attached hydrogen (secondary N) is 1. The van der Waals surface area contributed by atoms with Gasteiger partial charge in [0.25, 0.3) is 5.91 Å². The molecule has 1 unspecified atom stereocenters. The average molecular weight is 357 g/mol. The van der Waals surface area contributed by atoms with Gasteiger partial charge in [-0.15, -0.1) is 0 Å². The quantitative estimate of drug-likeness (QED) is 0.846. The Bertz CT molecular complexity index is 630. The molecular formula is C15H12BrClFNO. The lowest BCUT2D eigenvalue weighted by Gasteiger charge is -2.15. The summed E-state index contributed by atoms with van der Waals surface area (Å²) in [6, 6.07) is 11.7. The molecule has 0 fully saturated rings. The minimum Gasteiger partial charge on any atom is -0.345 e. The second-order valence-electron chi connectivity index (χ2n) is 4.35. The van der Waals surface area contributed by atoms with Crippen molar-refractivity contribution in [2.24, 2.45) is 0 Å². The average Bonchev–Trinajstić information content (AvgIpc) is 2.42. The highest BCUT2D eigenvalue weighted by Crippen LogP contribution is 2.20. The molecule has 1 atom stereocenters. The van der Waals surface area contributed by atoms with E-state index in [4.69, 9.17) is 11.6 Å². The number of hydrogen-bond donors (Lipinski definition) is 1. The predicted octanol–water partition coefficient (Wildman–Crippen LogP) is 4.73. The molecule has 104 valence electrons. The maximum atomic E-state index is 13.8. The van der Waals surface area contributed by atoms with Crippen molar-refractivity contribution in [3.63, 3.8) is 0 Å². The summed E-state index contributed by atoms with van der Waals surface area (Å²) in [7, 11) is 0. The minimum atomic E-state index is -0.699. The van der Waals surface area contributed by atoms with Crippen LogP contribution >= 0.6 is 27.5 Å². The van der Waals surface area contributed by atoms with Crippen molar-refractivity contribution in [1.29, 1.82) is 0 Å². The summed E-state index contributed by atoms with van der Waals surface area (Å²) in [4.78, 5) is 12.0. The first-order valence-electron chi connectivity index (χ1n) is 5.99. The Kier molecular flexibility index (Phi) is 4.78. The van der Waals surface area contributed by atoms with E-state index in [9.17, 15) is 9.18 Å². The zero-order chi connectivity index (χ0) is 14.7. The lowest BCUT2D eigenvalue weighted by Crippen LogP contribution is -2.27. The highest BCUT2D eigenvalue weighted by atomic mass is 79.9. The molecule has 2 nitrogen and oxygen atoms in total. The highest BCUT2D eigenvalue weighted by molar-refractivity contribution is 9.10. The van der Waals surface area contributed by atoms with Crippen LogP contribution in [0.4, 0.5) is 4.39 Å². The van der Waals surface area contributed by atoms with Gasteiger partial charge in [-0.3, -0.25) is 4.79 Å². The topological polar surface area (TPSA) is 29.1 Å². The Labute approximate surface area is 130 Å². The van der Waals surface area contributed by atoms with E-state index in [1.54, 1.807) is 6.07 Å². The van der Waals surface area contributed by atoms with E-state index >= 15 is 0 Å². The van der Waals surface area contributed by atoms with E-state index in [0.717, 1.165) is 10.0 Å². The SMILES string of the molecule is CC(NC(=O)c1cccc(Cl)c1F)c1ccc(Br)cc1. The number of hydrogen-bond acceptors (Lipinski definition) is 1. The van der Waals surface area contributed by atoms with E-state index in [1.807, 2.05) is 31.2 Å². The zero-order valence-corrected chi connectivity index (χ0v) is 13.0. The van der Waals surface area contributed by atoms with Crippen LogP contribution in [0.2, 0.25) is 5.02 Å². The third kappa shape index (κ3) is 3.38. The van der Waals surface area contributed by atoms with Gasteiger partial charge < -0.3 is 5.32 Å². The summed E-state index contributed by atoms with van der Waals surface area (Å²) in [6.45, 7) is 1.84. The van der Waals surface area contributed by atoms with Crippen LogP contribution in [0.3, 0.4) is 0 Å². The van der Waals surface area contributed by atoms with Crippen LogP contribution in [-0.4, -0.2) is 5.91 Å². The van der Waals surface area contributed by atoms with Gasteiger partial charge in [-0.25, -0.2) is 4.39 Å². The molecule has 0 aliphatic heterocycles. The minimum absolute atomic E-state index is 0.0542. The Morgan fingerprint density at radius 2 is 1.90 bits per heavy atom. The lowest BCUT2D eigenvalue weighted by atomic mass is 10.1. The summed E-state index contributed by atoms with van der Waals surface area (Å²) in [5, 5.41) is 2.69. The molecule has 0 aromatic heterocycles.